The Hall–Kier alpha value is -4.08. The number of nitro groups is 1. The molecule has 2 unspecified atom stereocenters. The number of nitrogens with one attached hydrogen (secondary N) is 2. The quantitative estimate of drug-likeness (QED) is 0.439. The number of non-ortho nitro benzene ring substituents is 1. The van der Waals surface area contributed by atoms with E-state index < -0.39 is 28.9 Å². The van der Waals surface area contributed by atoms with Gasteiger partial charge in [0, 0.05) is 17.8 Å². The number of hydrogen-bond donors (Lipinski definition) is 2. The molecule has 0 spiro atoms. The van der Waals surface area contributed by atoms with E-state index in [2.05, 4.69) is 17.2 Å². The van der Waals surface area contributed by atoms with Crippen molar-refractivity contribution in [2.75, 3.05) is 6.79 Å². The second-order valence-corrected chi connectivity index (χ2v) is 6.73. The largest absolute Gasteiger partial charge is 0.460 e. The van der Waals surface area contributed by atoms with Gasteiger partial charge >= 0.3 is 12.0 Å². The lowest BCUT2D eigenvalue weighted by Crippen LogP contribution is -2.51. The van der Waals surface area contributed by atoms with E-state index in [4.69, 9.17) is 14.2 Å². The lowest BCUT2D eigenvalue weighted by Gasteiger charge is -2.33. The van der Waals surface area contributed by atoms with Crippen LogP contribution in [-0.4, -0.2) is 23.7 Å². The number of benzene rings is 2. The molecule has 154 valence electrons. The van der Waals surface area contributed by atoms with Crippen LogP contribution >= 0.6 is 0 Å². The van der Waals surface area contributed by atoms with Gasteiger partial charge in [-0.25, -0.2) is 4.79 Å². The summed E-state index contributed by atoms with van der Waals surface area (Å²) in [5.74, 6) is -0.433. The van der Waals surface area contributed by atoms with Gasteiger partial charge in [-0.1, -0.05) is 24.8 Å². The Morgan fingerprint density at radius 1 is 1.23 bits per heavy atom. The van der Waals surface area contributed by atoms with Crippen molar-refractivity contribution in [1.82, 2.24) is 10.6 Å². The molecule has 0 aliphatic carbocycles. The molecule has 1 saturated heterocycles. The fraction of sp³-hybridized carbons (Fsp3) is 0.200. The Morgan fingerprint density at radius 2 is 2.03 bits per heavy atom. The van der Waals surface area contributed by atoms with E-state index in [9.17, 15) is 19.7 Å². The maximum atomic E-state index is 12.9. The third-order valence-corrected chi connectivity index (χ3v) is 4.78. The van der Waals surface area contributed by atoms with Crippen LogP contribution in [0.15, 0.2) is 54.7 Å². The summed E-state index contributed by atoms with van der Waals surface area (Å²) < 4.78 is 16.0. The molecule has 2 N–H and O–H groups in total. The third kappa shape index (κ3) is 3.75. The molecule has 2 aliphatic rings. The molecule has 2 aliphatic heterocycles. The number of carbonyl (C=O) groups is 2. The molecule has 4 rings (SSSR count). The van der Waals surface area contributed by atoms with Crippen LogP contribution in [0.3, 0.4) is 0 Å². The topological polar surface area (TPSA) is 129 Å². The highest BCUT2D eigenvalue weighted by Gasteiger charge is 2.39. The fourth-order valence-electron chi connectivity index (χ4n) is 3.35. The number of amides is 2. The summed E-state index contributed by atoms with van der Waals surface area (Å²) >= 11 is 0. The van der Waals surface area contributed by atoms with Crippen LogP contribution < -0.4 is 20.1 Å². The van der Waals surface area contributed by atoms with Gasteiger partial charge in [0.05, 0.1) is 11.0 Å². The summed E-state index contributed by atoms with van der Waals surface area (Å²) in [6.45, 7) is 3.86. The molecule has 10 heteroatoms. The van der Waals surface area contributed by atoms with Crippen molar-refractivity contribution in [3.05, 3.63) is 76.0 Å². The number of ether oxygens (including phenoxy) is 3. The number of nitro benzene ring substituents is 1. The molecule has 2 aromatic carbocycles. The average molecular weight is 411 g/mol. The van der Waals surface area contributed by atoms with Crippen LogP contribution in [-0.2, 0) is 16.1 Å². The highest BCUT2D eigenvalue weighted by Crippen LogP contribution is 2.34. The lowest BCUT2D eigenvalue weighted by molar-refractivity contribution is -0.384. The molecule has 2 atom stereocenters. The Kier molecular flexibility index (Phi) is 4.97. The minimum absolute atomic E-state index is 0.0329. The van der Waals surface area contributed by atoms with Crippen LogP contribution in [0.2, 0.25) is 0 Å². The van der Waals surface area contributed by atoms with E-state index in [-0.39, 0.29) is 24.8 Å². The molecule has 30 heavy (non-hydrogen) atoms. The second kappa shape index (κ2) is 7.74. The number of urea groups is 1. The summed E-state index contributed by atoms with van der Waals surface area (Å²) in [6, 6.07) is 9.47. The number of carbonyl (C=O) groups excluding carboxylic acids is 2. The molecule has 0 aromatic heterocycles. The van der Waals surface area contributed by atoms with Crippen molar-refractivity contribution < 1.29 is 28.7 Å². The highest BCUT2D eigenvalue weighted by molar-refractivity contribution is 5.85. The Bertz CT molecular complexity index is 1050. The van der Waals surface area contributed by atoms with Crippen LogP contribution in [0.25, 0.3) is 0 Å². The Morgan fingerprint density at radius 3 is 2.83 bits per heavy atom. The minimum Gasteiger partial charge on any atom is -0.460 e. The van der Waals surface area contributed by atoms with E-state index in [0.29, 0.717) is 22.6 Å². The first-order chi connectivity index (χ1) is 14.4. The molecule has 1 fully saturated rings. The minimum atomic E-state index is -0.973. The van der Waals surface area contributed by atoms with E-state index in [0.717, 1.165) is 0 Å². The van der Waals surface area contributed by atoms with Gasteiger partial charge < -0.3 is 24.8 Å². The van der Waals surface area contributed by atoms with Crippen molar-refractivity contribution in [1.29, 1.82) is 0 Å². The van der Waals surface area contributed by atoms with Crippen molar-refractivity contribution in [2.45, 2.75) is 12.6 Å². The predicted molar refractivity (Wildman–Crippen MR) is 102 cm³/mol. The molecular weight excluding hydrogens is 394 g/mol. The zero-order chi connectivity index (χ0) is 21.3. The molecular formula is C20H17N3O7. The normalized spacial score (nSPS) is 19.6. The zero-order valence-electron chi connectivity index (χ0n) is 15.6. The van der Waals surface area contributed by atoms with Crippen molar-refractivity contribution in [3.63, 3.8) is 0 Å². The van der Waals surface area contributed by atoms with E-state index in [1.807, 2.05) is 0 Å². The molecule has 2 aromatic rings. The SMILES string of the molecule is C=C1NC(=O)NC(c2cccc([N+](=O)[O-])c2)C1C(=O)OCc1ccc2c(c1)OCO2. The molecule has 0 saturated carbocycles. The van der Waals surface area contributed by atoms with Gasteiger partial charge in [0.1, 0.15) is 12.5 Å². The van der Waals surface area contributed by atoms with Crippen LogP contribution in [0.1, 0.15) is 17.2 Å². The number of nitrogens with zero attached hydrogens (tertiary/aromatic N) is 1. The second-order valence-electron chi connectivity index (χ2n) is 6.73. The van der Waals surface area contributed by atoms with Crippen molar-refractivity contribution >= 4 is 17.7 Å². The first-order valence-corrected chi connectivity index (χ1v) is 8.98. The van der Waals surface area contributed by atoms with Gasteiger partial charge in [-0.05, 0) is 23.3 Å². The summed E-state index contributed by atoms with van der Waals surface area (Å²) in [6.07, 6.45) is 0. The Labute approximate surface area is 170 Å². The first kappa shape index (κ1) is 19.2. The average Bonchev–Trinajstić information content (AvgIpc) is 3.19. The first-order valence-electron chi connectivity index (χ1n) is 8.98. The third-order valence-electron chi connectivity index (χ3n) is 4.78. The van der Waals surface area contributed by atoms with Gasteiger partial charge in [-0.15, -0.1) is 0 Å². The highest BCUT2D eigenvalue weighted by atomic mass is 16.7. The maximum Gasteiger partial charge on any atom is 0.319 e. The summed E-state index contributed by atoms with van der Waals surface area (Å²) in [5.41, 5.74) is 1.08. The monoisotopic (exact) mass is 411 g/mol. The standard InChI is InChI=1S/C20H17N3O7/c1-11-17(19(24)28-9-12-5-6-15-16(7-12)30-10-29-15)18(22-20(25)21-11)13-3-2-4-14(8-13)23(26)27/h2-8,17-18H,1,9-10H2,(H2,21,22,25). The number of fused-ring (bicyclic) bond motifs is 1. The molecule has 0 bridgehead atoms. The van der Waals surface area contributed by atoms with E-state index in [1.165, 1.54) is 18.2 Å². The van der Waals surface area contributed by atoms with Gasteiger partial charge in [-0.3, -0.25) is 14.9 Å². The van der Waals surface area contributed by atoms with Gasteiger partial charge in [-0.2, -0.15) is 0 Å². The van der Waals surface area contributed by atoms with Gasteiger partial charge in [0.2, 0.25) is 6.79 Å². The van der Waals surface area contributed by atoms with Crippen molar-refractivity contribution in [3.8, 4) is 11.5 Å². The maximum absolute atomic E-state index is 12.9. The molecule has 2 heterocycles. The summed E-state index contributed by atoms with van der Waals surface area (Å²) in [5, 5.41) is 16.2. The van der Waals surface area contributed by atoms with Crippen molar-refractivity contribution in [2.24, 2.45) is 5.92 Å². The zero-order valence-corrected chi connectivity index (χ0v) is 15.6. The number of rotatable bonds is 5. The fourth-order valence-corrected chi connectivity index (χ4v) is 3.35. The van der Waals surface area contributed by atoms with Gasteiger partial charge in [0.15, 0.2) is 11.5 Å². The van der Waals surface area contributed by atoms with Gasteiger partial charge in [0.25, 0.3) is 5.69 Å². The summed E-state index contributed by atoms with van der Waals surface area (Å²) in [4.78, 5) is 35.3. The Balaban J connectivity index is 1.54. The molecule has 10 nitrogen and oxygen atoms in total. The van der Waals surface area contributed by atoms with Crippen LogP contribution in [0.5, 0.6) is 11.5 Å². The number of esters is 1. The number of hydrogen-bond acceptors (Lipinski definition) is 7. The summed E-state index contributed by atoms with van der Waals surface area (Å²) in [7, 11) is 0. The van der Waals surface area contributed by atoms with E-state index in [1.54, 1.807) is 24.3 Å². The van der Waals surface area contributed by atoms with Crippen LogP contribution in [0, 0.1) is 16.0 Å². The molecule has 2 amide bonds. The predicted octanol–water partition coefficient (Wildman–Crippen LogP) is 2.55. The smallest absolute Gasteiger partial charge is 0.319 e. The van der Waals surface area contributed by atoms with E-state index >= 15 is 0 Å². The van der Waals surface area contributed by atoms with Crippen LogP contribution in [0.4, 0.5) is 10.5 Å². The lowest BCUT2D eigenvalue weighted by atomic mass is 9.89. The molecule has 0 radical (unpaired) electrons.